The van der Waals surface area contributed by atoms with Crippen molar-refractivity contribution in [3.05, 3.63) is 18.7 Å². The molecule has 2 unspecified atom stereocenters. The van der Waals surface area contributed by atoms with Crippen molar-refractivity contribution in [2.24, 2.45) is 11.8 Å². The van der Waals surface area contributed by atoms with Gasteiger partial charge in [-0.3, -0.25) is 4.79 Å². The molecule has 0 saturated carbocycles. The van der Waals surface area contributed by atoms with Crippen molar-refractivity contribution in [1.29, 1.82) is 0 Å². The highest BCUT2D eigenvalue weighted by molar-refractivity contribution is 5.77. The zero-order chi connectivity index (χ0) is 14.5. The highest BCUT2D eigenvalue weighted by atomic mass is 16.4. The Balaban J connectivity index is 1.69. The molecular weight excluding hydrogens is 260 g/mol. The fraction of sp³-hybridized carbons (Fsp3) is 0.615. The number of urea groups is 1. The van der Waals surface area contributed by atoms with Gasteiger partial charge in [-0.05, 0) is 12.3 Å². The number of carbonyl (C=O) groups excluding carboxylic acids is 1. The number of carboxylic acid groups (broad SMARTS) is 1. The largest absolute Gasteiger partial charge is 0.481 e. The third-order valence-corrected chi connectivity index (χ3v) is 3.65. The van der Waals surface area contributed by atoms with E-state index in [2.05, 4.69) is 10.3 Å². The normalized spacial score (nSPS) is 21.9. The molecule has 2 atom stereocenters. The van der Waals surface area contributed by atoms with Crippen LogP contribution in [-0.4, -0.2) is 51.2 Å². The molecule has 0 radical (unpaired) electrons. The minimum Gasteiger partial charge on any atom is -0.481 e. The van der Waals surface area contributed by atoms with Crippen molar-refractivity contribution in [1.82, 2.24) is 19.8 Å². The van der Waals surface area contributed by atoms with Crippen molar-refractivity contribution in [3.8, 4) is 0 Å². The van der Waals surface area contributed by atoms with Gasteiger partial charge in [0.25, 0.3) is 0 Å². The summed E-state index contributed by atoms with van der Waals surface area (Å²) < 4.78 is 1.95. The van der Waals surface area contributed by atoms with Crippen LogP contribution in [0, 0.1) is 11.8 Å². The van der Waals surface area contributed by atoms with Gasteiger partial charge in [-0.25, -0.2) is 9.78 Å². The van der Waals surface area contributed by atoms with E-state index in [4.69, 9.17) is 5.11 Å². The summed E-state index contributed by atoms with van der Waals surface area (Å²) in [5.74, 6) is -1.27. The van der Waals surface area contributed by atoms with E-state index < -0.39 is 11.9 Å². The molecule has 2 amide bonds. The van der Waals surface area contributed by atoms with E-state index in [0.717, 1.165) is 13.0 Å². The Bertz CT molecular complexity index is 460. The van der Waals surface area contributed by atoms with Gasteiger partial charge in [-0.1, -0.05) is 6.92 Å². The smallest absolute Gasteiger partial charge is 0.317 e. The Labute approximate surface area is 117 Å². The molecule has 2 rings (SSSR count). The maximum Gasteiger partial charge on any atom is 0.317 e. The molecule has 1 aliphatic heterocycles. The minimum absolute atomic E-state index is 0.00389. The number of rotatable bonds is 5. The molecule has 1 aromatic heterocycles. The first kappa shape index (κ1) is 14.4. The molecule has 0 spiro atoms. The van der Waals surface area contributed by atoms with Crippen LogP contribution in [0.3, 0.4) is 0 Å². The summed E-state index contributed by atoms with van der Waals surface area (Å²) in [6.07, 6.45) is 6.15. The van der Waals surface area contributed by atoms with Crippen LogP contribution in [-0.2, 0) is 11.3 Å². The average Bonchev–Trinajstić information content (AvgIpc) is 3.03. The summed E-state index contributed by atoms with van der Waals surface area (Å²) in [5, 5.41) is 11.9. The Kier molecular flexibility index (Phi) is 4.60. The monoisotopic (exact) mass is 280 g/mol. The van der Waals surface area contributed by atoms with Crippen molar-refractivity contribution in [3.63, 3.8) is 0 Å². The maximum atomic E-state index is 11.9. The second kappa shape index (κ2) is 6.40. The Morgan fingerprint density at radius 2 is 2.25 bits per heavy atom. The fourth-order valence-electron chi connectivity index (χ4n) is 2.44. The van der Waals surface area contributed by atoms with Gasteiger partial charge < -0.3 is 19.9 Å². The lowest BCUT2D eigenvalue weighted by Crippen LogP contribution is -2.39. The number of nitrogens with zero attached hydrogens (tertiary/aromatic N) is 3. The van der Waals surface area contributed by atoms with Crippen LogP contribution in [0.4, 0.5) is 4.79 Å². The number of amides is 2. The van der Waals surface area contributed by atoms with E-state index in [1.807, 2.05) is 17.7 Å². The van der Waals surface area contributed by atoms with Crippen LogP contribution in [0.1, 0.15) is 13.3 Å². The Morgan fingerprint density at radius 3 is 2.85 bits per heavy atom. The van der Waals surface area contributed by atoms with Crippen LogP contribution >= 0.6 is 0 Å². The number of carboxylic acids is 1. The number of nitrogens with one attached hydrogen (secondary N) is 1. The number of aryl methyl sites for hydroxylation is 1. The van der Waals surface area contributed by atoms with Gasteiger partial charge in [0, 0.05) is 38.6 Å². The van der Waals surface area contributed by atoms with Crippen LogP contribution in [0.5, 0.6) is 0 Å². The molecule has 2 N–H and O–H groups in total. The molecule has 0 bridgehead atoms. The highest BCUT2D eigenvalue weighted by Gasteiger charge is 2.36. The molecule has 7 nitrogen and oxygen atoms in total. The number of imidazole rings is 1. The van der Waals surface area contributed by atoms with Gasteiger partial charge in [-0.15, -0.1) is 0 Å². The second-order valence-electron chi connectivity index (χ2n) is 5.21. The number of likely N-dealkylation sites (tertiary alicyclic amines) is 1. The molecule has 1 aliphatic rings. The molecular formula is C13H20N4O3. The standard InChI is InChI=1S/C13H20N4O3/c1-10-7-17(8-11(10)12(18)19)13(20)15-3-2-5-16-6-4-14-9-16/h4,6,9-11H,2-3,5,7-8H2,1H3,(H,15,20)(H,18,19). The number of hydrogen-bond acceptors (Lipinski definition) is 3. The summed E-state index contributed by atoms with van der Waals surface area (Å²) in [4.78, 5) is 28.5. The van der Waals surface area contributed by atoms with Crippen LogP contribution in [0.2, 0.25) is 0 Å². The van der Waals surface area contributed by atoms with Crippen LogP contribution in [0.15, 0.2) is 18.7 Å². The molecule has 20 heavy (non-hydrogen) atoms. The molecule has 1 saturated heterocycles. The Morgan fingerprint density at radius 1 is 1.45 bits per heavy atom. The zero-order valence-corrected chi connectivity index (χ0v) is 11.5. The third-order valence-electron chi connectivity index (χ3n) is 3.65. The number of hydrogen-bond donors (Lipinski definition) is 2. The summed E-state index contributed by atoms with van der Waals surface area (Å²) in [6.45, 7) is 4.04. The lowest BCUT2D eigenvalue weighted by molar-refractivity contribution is -0.142. The SMILES string of the molecule is CC1CN(C(=O)NCCCn2ccnc2)CC1C(=O)O. The number of aliphatic carboxylic acids is 1. The average molecular weight is 280 g/mol. The van der Waals surface area contributed by atoms with Crippen LogP contribution < -0.4 is 5.32 Å². The predicted molar refractivity (Wildman–Crippen MR) is 72.1 cm³/mol. The quantitative estimate of drug-likeness (QED) is 0.775. The molecule has 0 aliphatic carbocycles. The first-order valence-electron chi connectivity index (χ1n) is 6.79. The van der Waals surface area contributed by atoms with Gasteiger partial charge >= 0.3 is 12.0 Å². The molecule has 1 fully saturated rings. The van der Waals surface area contributed by atoms with Crippen molar-refractivity contribution < 1.29 is 14.7 Å². The topological polar surface area (TPSA) is 87.5 Å². The van der Waals surface area contributed by atoms with E-state index in [1.54, 1.807) is 17.4 Å². The molecule has 7 heteroatoms. The van der Waals surface area contributed by atoms with Crippen molar-refractivity contribution in [2.75, 3.05) is 19.6 Å². The second-order valence-corrected chi connectivity index (χ2v) is 5.21. The molecule has 2 heterocycles. The summed E-state index contributed by atoms with van der Waals surface area (Å²) in [7, 11) is 0. The maximum absolute atomic E-state index is 11.9. The molecule has 110 valence electrons. The third kappa shape index (κ3) is 3.49. The van der Waals surface area contributed by atoms with E-state index in [9.17, 15) is 9.59 Å². The first-order chi connectivity index (χ1) is 9.58. The predicted octanol–water partition coefficient (Wildman–Crippen LogP) is 0.635. The summed E-state index contributed by atoms with van der Waals surface area (Å²) in [6, 6.07) is -0.175. The van der Waals surface area contributed by atoms with Crippen LogP contribution in [0.25, 0.3) is 0 Å². The van der Waals surface area contributed by atoms with Gasteiger partial charge in [0.1, 0.15) is 0 Å². The van der Waals surface area contributed by atoms with Gasteiger partial charge in [0.2, 0.25) is 0 Å². The molecule has 0 aromatic carbocycles. The van der Waals surface area contributed by atoms with E-state index in [0.29, 0.717) is 19.6 Å². The fourth-order valence-corrected chi connectivity index (χ4v) is 2.44. The van der Waals surface area contributed by atoms with Gasteiger partial charge in [-0.2, -0.15) is 0 Å². The number of carbonyl (C=O) groups is 2. The first-order valence-corrected chi connectivity index (χ1v) is 6.79. The Hall–Kier alpha value is -2.05. The summed E-state index contributed by atoms with van der Waals surface area (Å²) in [5.41, 5.74) is 0. The van der Waals surface area contributed by atoms with Crippen molar-refractivity contribution in [2.45, 2.75) is 19.9 Å². The zero-order valence-electron chi connectivity index (χ0n) is 11.5. The number of aromatic nitrogens is 2. The highest BCUT2D eigenvalue weighted by Crippen LogP contribution is 2.22. The van der Waals surface area contributed by atoms with E-state index in [-0.39, 0.29) is 11.9 Å². The van der Waals surface area contributed by atoms with Gasteiger partial charge in [0.15, 0.2) is 0 Å². The van der Waals surface area contributed by atoms with Crippen molar-refractivity contribution >= 4 is 12.0 Å². The minimum atomic E-state index is -0.826. The van der Waals surface area contributed by atoms with E-state index in [1.165, 1.54) is 0 Å². The molecule has 1 aromatic rings. The van der Waals surface area contributed by atoms with Gasteiger partial charge in [0.05, 0.1) is 12.2 Å². The van der Waals surface area contributed by atoms with E-state index >= 15 is 0 Å². The summed E-state index contributed by atoms with van der Waals surface area (Å²) >= 11 is 0. The lowest BCUT2D eigenvalue weighted by Gasteiger charge is -2.16. The lowest BCUT2D eigenvalue weighted by atomic mass is 9.99.